The molecule has 0 radical (unpaired) electrons. The first kappa shape index (κ1) is 12.5. The lowest BCUT2D eigenvalue weighted by atomic mass is 10.1. The van der Waals surface area contributed by atoms with E-state index in [0.29, 0.717) is 0 Å². The third-order valence-corrected chi connectivity index (χ3v) is 1.85. The molecule has 1 heteroatoms. The normalized spacial score (nSPS) is 10.1. The molecule has 0 saturated heterocycles. The van der Waals surface area contributed by atoms with Gasteiger partial charge in [-0.25, -0.2) is 0 Å². The van der Waals surface area contributed by atoms with Crippen LogP contribution in [0.5, 0.6) is 0 Å². The van der Waals surface area contributed by atoms with Gasteiger partial charge in [0.2, 0.25) is 0 Å². The number of hydrogen-bond acceptors (Lipinski definition) is 1. The molecule has 0 atom stereocenters. The maximum absolute atomic E-state index is 5.39. The Bertz CT molecular complexity index is 294. The van der Waals surface area contributed by atoms with Gasteiger partial charge in [0.15, 0.2) is 0 Å². The second-order valence-corrected chi connectivity index (χ2v) is 2.68. The van der Waals surface area contributed by atoms with Crippen LogP contribution in [0.25, 0.3) is 11.6 Å². The molecule has 0 spiro atoms. The Morgan fingerprint density at radius 3 is 2.07 bits per heavy atom. The summed E-state index contributed by atoms with van der Waals surface area (Å²) in [6, 6.07) is 8.12. The van der Waals surface area contributed by atoms with Crippen LogP contribution < -0.4 is 5.73 Å². The van der Waals surface area contributed by atoms with Gasteiger partial charge in [-0.05, 0) is 29.8 Å². The third kappa shape index (κ3) is 3.48. The number of benzene rings is 1. The first-order valence-electron chi connectivity index (χ1n) is 4.89. The van der Waals surface area contributed by atoms with Crippen molar-refractivity contribution in [3.05, 3.63) is 48.2 Å². The summed E-state index contributed by atoms with van der Waals surface area (Å²) >= 11 is 0. The summed E-state index contributed by atoms with van der Waals surface area (Å²) in [5, 5.41) is 0. The van der Waals surface area contributed by atoms with E-state index in [-0.39, 0.29) is 0 Å². The molecule has 1 nitrogen and oxygen atoms in total. The van der Waals surface area contributed by atoms with Gasteiger partial charge in [-0.1, -0.05) is 50.8 Å². The molecule has 0 aliphatic carbocycles. The first-order valence-corrected chi connectivity index (χ1v) is 4.89. The second kappa shape index (κ2) is 6.96. The molecule has 0 fully saturated rings. The Balaban J connectivity index is 0.000000791. The SMILES string of the molecule is C=Cc1ccc(/C(C)=C/N)cc1.CC. The van der Waals surface area contributed by atoms with E-state index in [4.69, 9.17) is 5.73 Å². The van der Waals surface area contributed by atoms with E-state index in [0.717, 1.165) is 16.7 Å². The maximum Gasteiger partial charge on any atom is -0.00265 e. The predicted octanol–water partition coefficient (Wildman–Crippen LogP) is 3.68. The number of hydrogen-bond donors (Lipinski definition) is 1. The van der Waals surface area contributed by atoms with Gasteiger partial charge in [0, 0.05) is 0 Å². The van der Waals surface area contributed by atoms with Gasteiger partial charge in [0.25, 0.3) is 0 Å². The standard InChI is InChI=1S/C11H13N.C2H6/c1-3-10-4-6-11(7-5-10)9(2)8-12;1-2/h3-8H,1,12H2,2H3;1-2H3/b9-8+;. The Labute approximate surface area is 87.0 Å². The van der Waals surface area contributed by atoms with Gasteiger partial charge in [-0.2, -0.15) is 0 Å². The van der Waals surface area contributed by atoms with Crippen LogP contribution in [0.2, 0.25) is 0 Å². The average Bonchev–Trinajstić information content (AvgIpc) is 2.31. The molecule has 1 rings (SSSR count). The van der Waals surface area contributed by atoms with Crippen LogP contribution in [0.4, 0.5) is 0 Å². The van der Waals surface area contributed by atoms with Crippen molar-refractivity contribution in [2.45, 2.75) is 20.8 Å². The van der Waals surface area contributed by atoms with Gasteiger partial charge in [0.1, 0.15) is 0 Å². The van der Waals surface area contributed by atoms with Gasteiger partial charge in [-0.15, -0.1) is 0 Å². The molecular formula is C13H19N. The van der Waals surface area contributed by atoms with Crippen LogP contribution in [0.15, 0.2) is 37.0 Å². The molecule has 76 valence electrons. The van der Waals surface area contributed by atoms with Crippen LogP contribution in [-0.2, 0) is 0 Å². The van der Waals surface area contributed by atoms with Crippen LogP contribution >= 0.6 is 0 Å². The number of rotatable bonds is 2. The third-order valence-electron chi connectivity index (χ3n) is 1.85. The van der Waals surface area contributed by atoms with E-state index in [1.54, 1.807) is 6.20 Å². The van der Waals surface area contributed by atoms with Crippen molar-refractivity contribution < 1.29 is 0 Å². The smallest absolute Gasteiger partial charge is 0.00265 e. The topological polar surface area (TPSA) is 26.0 Å². The Morgan fingerprint density at radius 1 is 1.21 bits per heavy atom. The van der Waals surface area contributed by atoms with Crippen LogP contribution in [0, 0.1) is 0 Å². The molecule has 0 heterocycles. The predicted molar refractivity (Wildman–Crippen MR) is 65.7 cm³/mol. The summed E-state index contributed by atoms with van der Waals surface area (Å²) in [5.74, 6) is 0. The van der Waals surface area contributed by atoms with Gasteiger partial charge in [0.05, 0.1) is 0 Å². The monoisotopic (exact) mass is 189 g/mol. The van der Waals surface area contributed by atoms with Crippen LogP contribution in [-0.4, -0.2) is 0 Å². The molecule has 0 aromatic heterocycles. The highest BCUT2D eigenvalue weighted by molar-refractivity contribution is 5.64. The maximum atomic E-state index is 5.39. The van der Waals surface area contributed by atoms with Crippen molar-refractivity contribution in [2.75, 3.05) is 0 Å². The largest absolute Gasteiger partial charge is 0.404 e. The number of allylic oxidation sites excluding steroid dienone is 1. The zero-order chi connectivity index (χ0) is 11.0. The zero-order valence-corrected chi connectivity index (χ0v) is 9.25. The van der Waals surface area contributed by atoms with E-state index in [1.165, 1.54) is 0 Å². The van der Waals surface area contributed by atoms with Crippen molar-refractivity contribution in [2.24, 2.45) is 5.73 Å². The molecule has 0 amide bonds. The van der Waals surface area contributed by atoms with Gasteiger partial charge >= 0.3 is 0 Å². The Kier molecular flexibility index (Phi) is 6.21. The van der Waals surface area contributed by atoms with Crippen LogP contribution in [0.3, 0.4) is 0 Å². The summed E-state index contributed by atoms with van der Waals surface area (Å²) in [4.78, 5) is 0. The molecule has 1 aromatic rings. The van der Waals surface area contributed by atoms with Gasteiger partial charge in [-0.3, -0.25) is 0 Å². The second-order valence-electron chi connectivity index (χ2n) is 2.68. The summed E-state index contributed by atoms with van der Waals surface area (Å²) in [7, 11) is 0. The van der Waals surface area contributed by atoms with Crippen molar-refractivity contribution in [3.8, 4) is 0 Å². The summed E-state index contributed by atoms with van der Waals surface area (Å²) < 4.78 is 0. The van der Waals surface area contributed by atoms with Crippen molar-refractivity contribution in [3.63, 3.8) is 0 Å². The molecule has 0 unspecified atom stereocenters. The molecular weight excluding hydrogens is 170 g/mol. The molecule has 1 aromatic carbocycles. The molecule has 0 aliphatic heterocycles. The Morgan fingerprint density at radius 2 is 1.71 bits per heavy atom. The molecule has 14 heavy (non-hydrogen) atoms. The first-order chi connectivity index (χ1) is 6.77. The Hall–Kier alpha value is -1.50. The van der Waals surface area contributed by atoms with E-state index in [1.807, 2.05) is 51.1 Å². The minimum Gasteiger partial charge on any atom is -0.404 e. The zero-order valence-electron chi connectivity index (χ0n) is 9.25. The molecule has 0 aliphatic rings. The summed E-state index contributed by atoms with van der Waals surface area (Å²) in [6.07, 6.45) is 3.44. The number of nitrogens with two attached hydrogens (primary N) is 1. The van der Waals surface area contributed by atoms with Crippen molar-refractivity contribution in [1.82, 2.24) is 0 Å². The minimum absolute atomic E-state index is 1.09. The van der Waals surface area contributed by atoms with E-state index < -0.39 is 0 Å². The van der Waals surface area contributed by atoms with E-state index >= 15 is 0 Å². The fourth-order valence-corrected chi connectivity index (χ4v) is 0.978. The molecule has 0 bridgehead atoms. The summed E-state index contributed by atoms with van der Waals surface area (Å²) in [6.45, 7) is 9.68. The molecule has 2 N–H and O–H groups in total. The fourth-order valence-electron chi connectivity index (χ4n) is 0.978. The highest BCUT2D eigenvalue weighted by atomic mass is 14.5. The fraction of sp³-hybridized carbons (Fsp3) is 0.231. The van der Waals surface area contributed by atoms with E-state index in [2.05, 4.69) is 6.58 Å². The highest BCUT2D eigenvalue weighted by Crippen LogP contribution is 2.13. The lowest BCUT2D eigenvalue weighted by Crippen LogP contribution is -1.85. The molecule has 0 saturated carbocycles. The van der Waals surface area contributed by atoms with Crippen molar-refractivity contribution in [1.29, 1.82) is 0 Å². The lowest BCUT2D eigenvalue weighted by molar-refractivity contribution is 1.50. The average molecular weight is 189 g/mol. The highest BCUT2D eigenvalue weighted by Gasteiger charge is 1.92. The summed E-state index contributed by atoms with van der Waals surface area (Å²) in [5.41, 5.74) is 8.76. The van der Waals surface area contributed by atoms with E-state index in [9.17, 15) is 0 Å². The minimum atomic E-state index is 1.09. The van der Waals surface area contributed by atoms with Crippen molar-refractivity contribution >= 4 is 11.6 Å². The van der Waals surface area contributed by atoms with Gasteiger partial charge < -0.3 is 5.73 Å². The van der Waals surface area contributed by atoms with Crippen LogP contribution in [0.1, 0.15) is 31.9 Å². The lowest BCUT2D eigenvalue weighted by Gasteiger charge is -2.00. The quantitative estimate of drug-likeness (QED) is 0.754.